The first-order chi connectivity index (χ1) is 11.3. The van der Waals surface area contributed by atoms with E-state index in [0.717, 1.165) is 5.56 Å². The minimum Gasteiger partial charge on any atom is -0.358 e. The molecule has 0 atom stereocenters. The molecule has 1 amide bonds. The third-order valence-corrected chi connectivity index (χ3v) is 4.10. The predicted molar refractivity (Wildman–Crippen MR) is 103 cm³/mol. The fourth-order valence-corrected chi connectivity index (χ4v) is 2.42. The summed E-state index contributed by atoms with van der Waals surface area (Å²) in [6.45, 7) is 6.94. The number of rotatable bonds is 3. The summed E-state index contributed by atoms with van der Waals surface area (Å²) < 4.78 is 0. The van der Waals surface area contributed by atoms with Crippen molar-refractivity contribution in [3.8, 4) is 0 Å². The summed E-state index contributed by atoms with van der Waals surface area (Å²) in [5.74, 6) is -0.218. The van der Waals surface area contributed by atoms with Crippen molar-refractivity contribution in [1.29, 1.82) is 0 Å². The van der Waals surface area contributed by atoms with Crippen molar-refractivity contribution in [3.05, 3.63) is 70.2 Å². The van der Waals surface area contributed by atoms with Gasteiger partial charge in [-0.15, -0.1) is 0 Å². The Morgan fingerprint density at radius 2 is 1.62 bits per heavy atom. The van der Waals surface area contributed by atoms with E-state index < -0.39 is 0 Å². The summed E-state index contributed by atoms with van der Waals surface area (Å²) >= 11 is 11.0. The van der Waals surface area contributed by atoms with Gasteiger partial charge in [0.25, 0.3) is 5.91 Å². The number of hydrogen-bond acceptors (Lipinski definition) is 2. The molecule has 126 valence electrons. The molecule has 3 nitrogen and oxygen atoms in total. The van der Waals surface area contributed by atoms with Gasteiger partial charge in [0.1, 0.15) is 0 Å². The summed E-state index contributed by atoms with van der Waals surface area (Å²) in [5, 5.41) is 6.69. The van der Waals surface area contributed by atoms with E-state index in [0.29, 0.717) is 22.2 Å². The molecule has 2 N–H and O–H groups in total. The zero-order valence-electron chi connectivity index (χ0n) is 14.0. The Bertz CT molecular complexity index is 719. The SMILES string of the molecule is CC(C)(C)c1ccc(C(=O)NC(=S)NCc2ccc(Cl)cc2)cc1. The van der Waals surface area contributed by atoms with Crippen molar-refractivity contribution in [2.24, 2.45) is 0 Å². The van der Waals surface area contributed by atoms with Crippen LogP contribution in [0.1, 0.15) is 42.3 Å². The van der Waals surface area contributed by atoms with Crippen LogP contribution in [-0.2, 0) is 12.0 Å². The van der Waals surface area contributed by atoms with E-state index in [9.17, 15) is 4.79 Å². The normalized spacial score (nSPS) is 11.0. The lowest BCUT2D eigenvalue weighted by Gasteiger charge is -2.19. The van der Waals surface area contributed by atoms with Gasteiger partial charge in [-0.25, -0.2) is 0 Å². The number of halogens is 1. The molecular weight excluding hydrogens is 340 g/mol. The van der Waals surface area contributed by atoms with Crippen LogP contribution in [0.3, 0.4) is 0 Å². The highest BCUT2D eigenvalue weighted by Crippen LogP contribution is 2.22. The molecule has 0 unspecified atom stereocenters. The first kappa shape index (κ1) is 18.4. The first-order valence-corrected chi connectivity index (χ1v) is 8.48. The highest BCUT2D eigenvalue weighted by Gasteiger charge is 2.14. The summed E-state index contributed by atoms with van der Waals surface area (Å²) in [4.78, 5) is 12.2. The lowest BCUT2D eigenvalue weighted by Crippen LogP contribution is -2.38. The Balaban J connectivity index is 1.89. The Morgan fingerprint density at radius 3 is 2.17 bits per heavy atom. The molecule has 0 aliphatic carbocycles. The van der Waals surface area contributed by atoms with Crippen LogP contribution in [0.5, 0.6) is 0 Å². The molecular formula is C19H21ClN2OS. The maximum atomic E-state index is 12.2. The quantitative estimate of drug-likeness (QED) is 0.795. The van der Waals surface area contributed by atoms with Gasteiger partial charge in [-0.05, 0) is 53.0 Å². The molecule has 0 aromatic heterocycles. The molecule has 0 aliphatic rings. The Hall–Kier alpha value is -1.91. The molecule has 0 saturated carbocycles. The minimum absolute atomic E-state index is 0.0600. The van der Waals surface area contributed by atoms with E-state index in [4.69, 9.17) is 23.8 Å². The number of nitrogens with one attached hydrogen (secondary N) is 2. The monoisotopic (exact) mass is 360 g/mol. The summed E-state index contributed by atoms with van der Waals surface area (Å²) in [7, 11) is 0. The van der Waals surface area contributed by atoms with Crippen LogP contribution in [0, 0.1) is 0 Å². The standard InChI is InChI=1S/C19H21ClN2OS/c1-19(2,3)15-8-6-14(7-9-15)17(23)22-18(24)21-12-13-4-10-16(20)11-5-13/h4-11H,12H2,1-3H3,(H2,21,22,23,24). The van der Waals surface area contributed by atoms with Crippen LogP contribution in [0.2, 0.25) is 5.02 Å². The third kappa shape index (κ3) is 5.32. The van der Waals surface area contributed by atoms with Crippen LogP contribution < -0.4 is 10.6 Å². The van der Waals surface area contributed by atoms with E-state index in [1.54, 1.807) is 0 Å². The van der Waals surface area contributed by atoms with Gasteiger partial charge in [0.05, 0.1) is 0 Å². The summed E-state index contributed by atoms with van der Waals surface area (Å²) in [6.07, 6.45) is 0. The first-order valence-electron chi connectivity index (χ1n) is 7.70. The van der Waals surface area contributed by atoms with Gasteiger partial charge < -0.3 is 5.32 Å². The zero-order valence-corrected chi connectivity index (χ0v) is 15.6. The zero-order chi connectivity index (χ0) is 17.7. The number of carbonyl (C=O) groups excluding carboxylic acids is 1. The van der Waals surface area contributed by atoms with Crippen LogP contribution in [-0.4, -0.2) is 11.0 Å². The molecule has 0 spiro atoms. The Labute approximate surface area is 153 Å². The largest absolute Gasteiger partial charge is 0.358 e. The van der Waals surface area contributed by atoms with E-state index in [1.165, 1.54) is 5.56 Å². The van der Waals surface area contributed by atoms with Crippen molar-refractivity contribution < 1.29 is 4.79 Å². The molecule has 2 aromatic carbocycles. The molecule has 2 aromatic rings. The highest BCUT2D eigenvalue weighted by molar-refractivity contribution is 7.80. The van der Waals surface area contributed by atoms with E-state index in [-0.39, 0.29) is 11.3 Å². The topological polar surface area (TPSA) is 41.1 Å². The summed E-state index contributed by atoms with van der Waals surface area (Å²) in [5.41, 5.74) is 2.86. The van der Waals surface area contributed by atoms with Gasteiger partial charge in [-0.3, -0.25) is 10.1 Å². The van der Waals surface area contributed by atoms with E-state index in [1.807, 2.05) is 48.5 Å². The van der Waals surface area contributed by atoms with Crippen LogP contribution in [0.15, 0.2) is 48.5 Å². The number of carbonyl (C=O) groups is 1. The van der Waals surface area contributed by atoms with Crippen LogP contribution in [0.25, 0.3) is 0 Å². The van der Waals surface area contributed by atoms with E-state index in [2.05, 4.69) is 31.4 Å². The van der Waals surface area contributed by atoms with Gasteiger partial charge in [-0.2, -0.15) is 0 Å². The molecule has 24 heavy (non-hydrogen) atoms. The smallest absolute Gasteiger partial charge is 0.257 e. The molecule has 0 radical (unpaired) electrons. The number of benzene rings is 2. The molecule has 0 aliphatic heterocycles. The molecule has 5 heteroatoms. The lowest BCUT2D eigenvalue weighted by molar-refractivity contribution is 0.0976. The van der Waals surface area contributed by atoms with E-state index >= 15 is 0 Å². The molecule has 0 fully saturated rings. The van der Waals surface area contributed by atoms with Crippen molar-refractivity contribution in [3.63, 3.8) is 0 Å². The van der Waals surface area contributed by atoms with Crippen LogP contribution in [0.4, 0.5) is 0 Å². The van der Waals surface area contributed by atoms with Gasteiger partial charge in [0.15, 0.2) is 5.11 Å². The second-order valence-corrected chi connectivity index (χ2v) is 7.44. The third-order valence-electron chi connectivity index (χ3n) is 3.61. The Morgan fingerprint density at radius 1 is 1.04 bits per heavy atom. The second-order valence-electron chi connectivity index (χ2n) is 6.59. The van der Waals surface area contributed by atoms with Crippen molar-refractivity contribution in [2.75, 3.05) is 0 Å². The van der Waals surface area contributed by atoms with Crippen molar-refractivity contribution in [2.45, 2.75) is 32.7 Å². The van der Waals surface area contributed by atoms with Gasteiger partial charge >= 0.3 is 0 Å². The molecule has 0 saturated heterocycles. The number of amides is 1. The Kier molecular flexibility index (Phi) is 5.97. The van der Waals surface area contributed by atoms with Gasteiger partial charge in [0.2, 0.25) is 0 Å². The average Bonchev–Trinajstić information content (AvgIpc) is 2.53. The van der Waals surface area contributed by atoms with Gasteiger partial charge in [-0.1, -0.05) is 56.6 Å². The fourth-order valence-electron chi connectivity index (χ4n) is 2.13. The molecule has 0 heterocycles. The highest BCUT2D eigenvalue weighted by atomic mass is 35.5. The summed E-state index contributed by atoms with van der Waals surface area (Å²) in [6, 6.07) is 15.0. The van der Waals surface area contributed by atoms with Crippen molar-refractivity contribution >= 4 is 34.8 Å². The number of thiocarbonyl (C=S) groups is 1. The lowest BCUT2D eigenvalue weighted by atomic mass is 9.87. The predicted octanol–water partition coefficient (Wildman–Crippen LogP) is 4.44. The maximum absolute atomic E-state index is 12.2. The number of hydrogen-bond donors (Lipinski definition) is 2. The van der Waals surface area contributed by atoms with Gasteiger partial charge in [0, 0.05) is 17.1 Å². The van der Waals surface area contributed by atoms with Crippen molar-refractivity contribution in [1.82, 2.24) is 10.6 Å². The second kappa shape index (κ2) is 7.77. The maximum Gasteiger partial charge on any atom is 0.257 e. The minimum atomic E-state index is -0.218. The van der Waals surface area contributed by atoms with Crippen LogP contribution >= 0.6 is 23.8 Å². The average molecular weight is 361 g/mol. The molecule has 2 rings (SSSR count). The molecule has 0 bridgehead atoms. The fraction of sp³-hybridized carbons (Fsp3) is 0.263.